The van der Waals surface area contributed by atoms with Crippen LogP contribution in [0.3, 0.4) is 0 Å². The highest BCUT2D eigenvalue weighted by atomic mass is 16.2. The van der Waals surface area contributed by atoms with Crippen molar-refractivity contribution in [1.29, 1.82) is 0 Å². The number of ketones is 1. The summed E-state index contributed by atoms with van der Waals surface area (Å²) in [5, 5.41) is 2.91. The summed E-state index contributed by atoms with van der Waals surface area (Å²) >= 11 is 0. The predicted molar refractivity (Wildman–Crippen MR) is 115 cm³/mol. The highest BCUT2D eigenvalue weighted by molar-refractivity contribution is 6.11. The van der Waals surface area contributed by atoms with Crippen LogP contribution in [0, 0.1) is 0 Å². The average Bonchev–Trinajstić information content (AvgIpc) is 3.03. The van der Waals surface area contributed by atoms with E-state index in [2.05, 4.69) is 12.2 Å². The molecule has 0 aromatic heterocycles. The van der Waals surface area contributed by atoms with E-state index in [4.69, 9.17) is 0 Å². The van der Waals surface area contributed by atoms with Crippen molar-refractivity contribution in [2.24, 2.45) is 0 Å². The number of rotatable bonds is 7. The van der Waals surface area contributed by atoms with Gasteiger partial charge >= 0.3 is 6.03 Å². The first-order chi connectivity index (χ1) is 14.5. The molecule has 5 heteroatoms. The van der Waals surface area contributed by atoms with E-state index in [9.17, 15) is 14.4 Å². The molecule has 2 aromatic rings. The maximum Gasteiger partial charge on any atom is 0.325 e. The van der Waals surface area contributed by atoms with Gasteiger partial charge in [-0.25, -0.2) is 4.79 Å². The van der Waals surface area contributed by atoms with E-state index in [1.807, 2.05) is 48.5 Å². The molecule has 1 saturated heterocycles. The van der Waals surface area contributed by atoms with Gasteiger partial charge in [0, 0.05) is 5.56 Å². The lowest BCUT2D eigenvalue weighted by molar-refractivity contribution is -0.131. The van der Waals surface area contributed by atoms with E-state index in [0.29, 0.717) is 12.0 Å². The van der Waals surface area contributed by atoms with Crippen LogP contribution < -0.4 is 5.32 Å². The Kier molecular flexibility index (Phi) is 5.71. The van der Waals surface area contributed by atoms with Crippen molar-refractivity contribution in [3.05, 3.63) is 70.8 Å². The second kappa shape index (κ2) is 8.42. The SMILES string of the molecule is CCCCC1(c2ccccc2)NC(=O)N(CC(=O)c2ccc3c(c2)CCCC3)C1=O. The minimum atomic E-state index is -1.09. The molecule has 1 fully saturated rings. The van der Waals surface area contributed by atoms with Crippen LogP contribution in [-0.2, 0) is 23.2 Å². The van der Waals surface area contributed by atoms with E-state index in [1.165, 1.54) is 17.5 Å². The number of carbonyl (C=O) groups excluding carboxylic acids is 3. The zero-order valence-corrected chi connectivity index (χ0v) is 17.4. The highest BCUT2D eigenvalue weighted by Gasteiger charge is 2.52. The summed E-state index contributed by atoms with van der Waals surface area (Å²) < 4.78 is 0. The molecule has 0 bridgehead atoms. The summed E-state index contributed by atoms with van der Waals surface area (Å²) in [6.45, 7) is 1.82. The molecular formula is C25H28N2O3. The van der Waals surface area contributed by atoms with Gasteiger partial charge in [0.1, 0.15) is 5.54 Å². The number of benzene rings is 2. The summed E-state index contributed by atoms with van der Waals surface area (Å²) in [5.41, 5.74) is 2.76. The molecule has 0 radical (unpaired) electrons. The molecule has 1 atom stereocenters. The second-order valence-electron chi connectivity index (χ2n) is 8.31. The summed E-state index contributed by atoms with van der Waals surface area (Å²) in [6, 6.07) is 14.6. The van der Waals surface area contributed by atoms with E-state index in [0.717, 1.165) is 42.6 Å². The Hall–Kier alpha value is -2.95. The molecule has 4 rings (SSSR count). The maximum absolute atomic E-state index is 13.4. The number of imide groups is 1. The minimum absolute atomic E-state index is 0.203. The third-order valence-corrected chi connectivity index (χ3v) is 6.32. The molecule has 30 heavy (non-hydrogen) atoms. The normalized spacial score (nSPS) is 20.8. The number of urea groups is 1. The Morgan fingerprint density at radius 2 is 1.77 bits per heavy atom. The van der Waals surface area contributed by atoms with Crippen LogP contribution in [0.25, 0.3) is 0 Å². The Morgan fingerprint density at radius 3 is 2.50 bits per heavy atom. The number of aryl methyl sites for hydroxylation is 2. The van der Waals surface area contributed by atoms with E-state index < -0.39 is 11.6 Å². The molecule has 1 unspecified atom stereocenters. The molecule has 0 saturated carbocycles. The monoisotopic (exact) mass is 404 g/mol. The zero-order chi connectivity index (χ0) is 21.1. The third-order valence-electron chi connectivity index (χ3n) is 6.32. The van der Waals surface area contributed by atoms with Crippen LogP contribution >= 0.6 is 0 Å². The van der Waals surface area contributed by atoms with Crippen molar-refractivity contribution < 1.29 is 14.4 Å². The predicted octanol–water partition coefficient (Wildman–Crippen LogP) is 4.39. The van der Waals surface area contributed by atoms with Crippen molar-refractivity contribution in [2.45, 2.75) is 57.4 Å². The Morgan fingerprint density at radius 1 is 1.03 bits per heavy atom. The van der Waals surface area contributed by atoms with Crippen LogP contribution in [0.15, 0.2) is 48.5 Å². The fraction of sp³-hybridized carbons (Fsp3) is 0.400. The van der Waals surface area contributed by atoms with Crippen LogP contribution in [-0.4, -0.2) is 29.2 Å². The largest absolute Gasteiger partial charge is 0.325 e. The first-order valence-corrected chi connectivity index (χ1v) is 10.9. The number of nitrogens with one attached hydrogen (secondary N) is 1. The maximum atomic E-state index is 13.4. The Balaban J connectivity index is 1.58. The summed E-state index contributed by atoms with van der Waals surface area (Å²) in [5.74, 6) is -0.537. The van der Waals surface area contributed by atoms with Gasteiger partial charge in [0.2, 0.25) is 0 Å². The van der Waals surface area contributed by atoms with Crippen LogP contribution in [0.4, 0.5) is 4.79 Å². The van der Waals surface area contributed by atoms with Gasteiger partial charge in [-0.3, -0.25) is 14.5 Å². The molecule has 156 valence electrons. The lowest BCUT2D eigenvalue weighted by atomic mass is 9.84. The highest BCUT2D eigenvalue weighted by Crippen LogP contribution is 2.34. The van der Waals surface area contributed by atoms with Crippen molar-refractivity contribution in [1.82, 2.24) is 10.2 Å². The van der Waals surface area contributed by atoms with Gasteiger partial charge in [-0.2, -0.15) is 0 Å². The fourth-order valence-corrected chi connectivity index (χ4v) is 4.59. The summed E-state index contributed by atoms with van der Waals surface area (Å²) in [4.78, 5) is 40.3. The number of carbonyl (C=O) groups is 3. The molecule has 1 aliphatic carbocycles. The number of Topliss-reactive ketones (excluding diaryl/α,β-unsaturated/α-hetero) is 1. The van der Waals surface area contributed by atoms with Gasteiger partial charge in [0.15, 0.2) is 5.78 Å². The number of hydrogen-bond donors (Lipinski definition) is 1. The van der Waals surface area contributed by atoms with Crippen molar-refractivity contribution in [2.75, 3.05) is 6.54 Å². The van der Waals surface area contributed by atoms with Crippen LogP contribution in [0.5, 0.6) is 0 Å². The number of amides is 3. The topological polar surface area (TPSA) is 66.5 Å². The van der Waals surface area contributed by atoms with Gasteiger partial charge in [0.25, 0.3) is 5.91 Å². The van der Waals surface area contributed by atoms with Gasteiger partial charge in [-0.05, 0) is 54.9 Å². The number of nitrogens with zero attached hydrogens (tertiary/aromatic N) is 1. The lowest BCUT2D eigenvalue weighted by Crippen LogP contribution is -2.44. The Labute approximate surface area is 177 Å². The molecular weight excluding hydrogens is 376 g/mol. The van der Waals surface area contributed by atoms with Crippen molar-refractivity contribution in [3.63, 3.8) is 0 Å². The van der Waals surface area contributed by atoms with Crippen molar-refractivity contribution >= 4 is 17.7 Å². The molecule has 3 amide bonds. The fourth-order valence-electron chi connectivity index (χ4n) is 4.59. The van der Waals surface area contributed by atoms with Crippen molar-refractivity contribution in [3.8, 4) is 0 Å². The first-order valence-electron chi connectivity index (χ1n) is 10.9. The van der Waals surface area contributed by atoms with Crippen LogP contribution in [0.1, 0.15) is 66.1 Å². The smallest absolute Gasteiger partial charge is 0.319 e. The van der Waals surface area contributed by atoms with Gasteiger partial charge < -0.3 is 5.32 Å². The van der Waals surface area contributed by atoms with Gasteiger partial charge in [-0.15, -0.1) is 0 Å². The standard InChI is InChI=1S/C25H28N2O3/c1-2-3-15-25(21-11-5-4-6-12-21)23(29)27(24(30)26-25)17-22(28)20-14-13-18-9-7-8-10-19(18)16-20/h4-6,11-14,16H,2-3,7-10,15,17H2,1H3,(H,26,30). The third kappa shape index (κ3) is 3.64. The number of fused-ring (bicyclic) bond motifs is 1. The first kappa shape index (κ1) is 20.3. The van der Waals surface area contributed by atoms with E-state index in [1.54, 1.807) is 0 Å². The minimum Gasteiger partial charge on any atom is -0.319 e. The van der Waals surface area contributed by atoms with E-state index >= 15 is 0 Å². The summed E-state index contributed by atoms with van der Waals surface area (Å²) in [7, 11) is 0. The molecule has 2 aliphatic rings. The molecule has 2 aromatic carbocycles. The second-order valence-corrected chi connectivity index (χ2v) is 8.31. The number of unbranched alkanes of at least 4 members (excludes halogenated alkanes) is 1. The molecule has 1 N–H and O–H groups in total. The molecule has 1 heterocycles. The lowest BCUT2D eigenvalue weighted by Gasteiger charge is -2.27. The quantitative estimate of drug-likeness (QED) is 0.550. The number of hydrogen-bond acceptors (Lipinski definition) is 3. The van der Waals surface area contributed by atoms with Crippen LogP contribution in [0.2, 0.25) is 0 Å². The van der Waals surface area contributed by atoms with Gasteiger partial charge in [0.05, 0.1) is 6.54 Å². The molecule has 1 aliphatic heterocycles. The molecule has 5 nitrogen and oxygen atoms in total. The zero-order valence-electron chi connectivity index (χ0n) is 17.4. The van der Waals surface area contributed by atoms with Gasteiger partial charge in [-0.1, -0.05) is 62.2 Å². The average molecular weight is 405 g/mol. The molecule has 0 spiro atoms. The summed E-state index contributed by atoms with van der Waals surface area (Å²) in [6.07, 6.45) is 6.57. The van der Waals surface area contributed by atoms with E-state index in [-0.39, 0.29) is 18.2 Å². The Bertz CT molecular complexity index is 970.